The predicted molar refractivity (Wildman–Crippen MR) is 105 cm³/mol. The number of hydrogen-bond acceptors (Lipinski definition) is 3. The molecule has 0 aliphatic heterocycles. The molecule has 25 heavy (non-hydrogen) atoms. The Kier molecular flexibility index (Phi) is 5.49. The molecule has 0 saturated carbocycles. The topological polar surface area (TPSA) is 31.2 Å². The molecule has 0 spiro atoms. The van der Waals surface area contributed by atoms with Crippen LogP contribution in [-0.4, -0.2) is 23.4 Å². The molecule has 0 radical (unpaired) electrons. The standard InChI is InChI=1S/C21H23NO2S/c1-4-24-21(23)20-17-11-10-16(12-15-8-6-5-7-9-15)13-18(17)22(2)19(20)14-25-3/h5-11,13H,4,12,14H2,1-3H3. The van der Waals surface area contributed by atoms with Crippen molar-refractivity contribution in [1.29, 1.82) is 0 Å². The van der Waals surface area contributed by atoms with Crippen LogP contribution in [0.4, 0.5) is 0 Å². The summed E-state index contributed by atoms with van der Waals surface area (Å²) in [6.45, 7) is 2.23. The van der Waals surface area contributed by atoms with Crippen molar-refractivity contribution in [3.63, 3.8) is 0 Å². The molecule has 0 amide bonds. The zero-order valence-electron chi connectivity index (χ0n) is 14.9. The van der Waals surface area contributed by atoms with Gasteiger partial charge >= 0.3 is 5.97 Å². The van der Waals surface area contributed by atoms with E-state index < -0.39 is 0 Å². The number of carbonyl (C=O) groups is 1. The normalized spacial score (nSPS) is 11.0. The highest BCUT2D eigenvalue weighted by atomic mass is 32.2. The van der Waals surface area contributed by atoms with E-state index in [0.717, 1.165) is 28.8 Å². The maximum Gasteiger partial charge on any atom is 0.340 e. The lowest BCUT2D eigenvalue weighted by molar-refractivity contribution is 0.0527. The lowest BCUT2D eigenvalue weighted by Crippen LogP contribution is -2.08. The van der Waals surface area contributed by atoms with Gasteiger partial charge in [-0.3, -0.25) is 0 Å². The van der Waals surface area contributed by atoms with Crippen molar-refractivity contribution < 1.29 is 9.53 Å². The van der Waals surface area contributed by atoms with Gasteiger partial charge in [-0.25, -0.2) is 4.79 Å². The van der Waals surface area contributed by atoms with Gasteiger partial charge in [0.15, 0.2) is 0 Å². The average Bonchev–Trinajstić information content (AvgIpc) is 2.89. The SMILES string of the molecule is CCOC(=O)c1c(CSC)n(C)c2cc(Cc3ccccc3)ccc12. The third-order valence-electron chi connectivity index (χ3n) is 4.40. The summed E-state index contributed by atoms with van der Waals surface area (Å²) in [5, 5.41) is 0.974. The summed E-state index contributed by atoms with van der Waals surface area (Å²) in [5.41, 5.74) is 5.34. The number of fused-ring (bicyclic) bond motifs is 1. The first-order chi connectivity index (χ1) is 12.2. The molecule has 0 bridgehead atoms. The number of benzene rings is 2. The van der Waals surface area contributed by atoms with Gasteiger partial charge in [0.1, 0.15) is 0 Å². The Hall–Kier alpha value is -2.20. The smallest absolute Gasteiger partial charge is 0.340 e. The highest BCUT2D eigenvalue weighted by molar-refractivity contribution is 7.97. The second-order valence-corrected chi connectivity index (χ2v) is 6.91. The van der Waals surface area contributed by atoms with Crippen LogP contribution in [0.2, 0.25) is 0 Å². The van der Waals surface area contributed by atoms with Gasteiger partial charge in [-0.2, -0.15) is 11.8 Å². The van der Waals surface area contributed by atoms with E-state index in [1.165, 1.54) is 11.1 Å². The number of nitrogens with zero attached hydrogens (tertiary/aromatic N) is 1. The van der Waals surface area contributed by atoms with Gasteiger partial charge in [0.25, 0.3) is 0 Å². The summed E-state index contributed by atoms with van der Waals surface area (Å²) in [6, 6.07) is 16.8. The third-order valence-corrected chi connectivity index (χ3v) is 4.96. The second kappa shape index (κ2) is 7.79. The van der Waals surface area contributed by atoms with Gasteiger partial charge in [0, 0.05) is 29.4 Å². The fraction of sp³-hybridized carbons (Fsp3) is 0.286. The Balaban J connectivity index is 2.07. The molecule has 0 N–H and O–H groups in total. The number of aryl methyl sites for hydroxylation is 1. The maximum absolute atomic E-state index is 12.5. The van der Waals surface area contributed by atoms with Crippen LogP contribution in [0.3, 0.4) is 0 Å². The molecule has 3 aromatic rings. The van der Waals surface area contributed by atoms with E-state index in [9.17, 15) is 4.79 Å². The van der Waals surface area contributed by atoms with Gasteiger partial charge in [-0.1, -0.05) is 42.5 Å². The summed E-state index contributed by atoms with van der Waals surface area (Å²) in [5.74, 6) is 0.556. The fourth-order valence-corrected chi connectivity index (χ4v) is 3.82. The summed E-state index contributed by atoms with van der Waals surface area (Å²) in [7, 11) is 2.03. The number of aromatic nitrogens is 1. The summed E-state index contributed by atoms with van der Waals surface area (Å²) in [6.07, 6.45) is 2.93. The molecule has 0 aliphatic rings. The lowest BCUT2D eigenvalue weighted by Gasteiger charge is -2.06. The van der Waals surface area contributed by atoms with Gasteiger partial charge in [-0.15, -0.1) is 0 Å². The van der Waals surface area contributed by atoms with E-state index in [1.807, 2.05) is 26.3 Å². The maximum atomic E-state index is 12.5. The van der Waals surface area contributed by atoms with E-state index >= 15 is 0 Å². The predicted octanol–water partition coefficient (Wildman–Crippen LogP) is 4.81. The first kappa shape index (κ1) is 17.6. The molecular formula is C21H23NO2S. The van der Waals surface area contributed by atoms with Crippen molar-refractivity contribution in [3.8, 4) is 0 Å². The van der Waals surface area contributed by atoms with Crippen LogP contribution >= 0.6 is 11.8 Å². The van der Waals surface area contributed by atoms with Crippen molar-refractivity contribution in [2.45, 2.75) is 19.1 Å². The third kappa shape index (κ3) is 3.59. The number of carbonyl (C=O) groups excluding carboxylic acids is 1. The molecule has 0 fully saturated rings. The minimum Gasteiger partial charge on any atom is -0.462 e. The van der Waals surface area contributed by atoms with Crippen LogP contribution < -0.4 is 0 Å². The van der Waals surface area contributed by atoms with Crippen molar-refractivity contribution in [1.82, 2.24) is 4.57 Å². The van der Waals surface area contributed by atoms with Gasteiger partial charge < -0.3 is 9.30 Å². The molecule has 1 heterocycles. The largest absolute Gasteiger partial charge is 0.462 e. The summed E-state index contributed by atoms with van der Waals surface area (Å²) < 4.78 is 7.43. The molecule has 3 rings (SSSR count). The zero-order chi connectivity index (χ0) is 17.8. The first-order valence-electron chi connectivity index (χ1n) is 8.45. The van der Waals surface area contributed by atoms with E-state index in [-0.39, 0.29) is 5.97 Å². The number of thioether (sulfide) groups is 1. The highest BCUT2D eigenvalue weighted by Gasteiger charge is 2.22. The second-order valence-electron chi connectivity index (χ2n) is 6.05. The Morgan fingerprint density at radius 1 is 1.12 bits per heavy atom. The fourth-order valence-electron chi connectivity index (χ4n) is 3.21. The monoisotopic (exact) mass is 353 g/mol. The number of hydrogen-bond donors (Lipinski definition) is 0. The van der Waals surface area contributed by atoms with Gasteiger partial charge in [0.05, 0.1) is 12.2 Å². The molecule has 3 nitrogen and oxygen atoms in total. The van der Waals surface area contributed by atoms with Crippen molar-refractivity contribution in [2.24, 2.45) is 7.05 Å². The quantitative estimate of drug-likeness (QED) is 0.596. The molecule has 0 saturated heterocycles. The lowest BCUT2D eigenvalue weighted by atomic mass is 10.0. The van der Waals surface area contributed by atoms with Crippen molar-refractivity contribution in [2.75, 3.05) is 12.9 Å². The minimum absolute atomic E-state index is 0.229. The molecular weight excluding hydrogens is 330 g/mol. The number of esters is 1. The van der Waals surface area contributed by atoms with E-state index in [2.05, 4.69) is 47.0 Å². The number of ether oxygens (including phenoxy) is 1. The van der Waals surface area contributed by atoms with Crippen LogP contribution in [0.5, 0.6) is 0 Å². The summed E-state index contributed by atoms with van der Waals surface area (Å²) in [4.78, 5) is 12.5. The molecule has 0 unspecified atom stereocenters. The van der Waals surface area contributed by atoms with Crippen LogP contribution in [0, 0.1) is 0 Å². The van der Waals surface area contributed by atoms with Crippen molar-refractivity contribution >= 4 is 28.6 Å². The Bertz CT molecular complexity index is 884. The molecule has 4 heteroatoms. The molecule has 0 aliphatic carbocycles. The number of rotatable bonds is 6. The van der Waals surface area contributed by atoms with E-state index in [0.29, 0.717) is 12.2 Å². The minimum atomic E-state index is -0.229. The van der Waals surface area contributed by atoms with Crippen LogP contribution in [0.25, 0.3) is 10.9 Å². The molecule has 2 aromatic carbocycles. The Morgan fingerprint density at radius 3 is 2.56 bits per heavy atom. The first-order valence-corrected chi connectivity index (χ1v) is 9.85. The van der Waals surface area contributed by atoms with Gasteiger partial charge in [0.2, 0.25) is 0 Å². The van der Waals surface area contributed by atoms with Gasteiger partial charge in [-0.05, 0) is 36.8 Å². The van der Waals surface area contributed by atoms with Crippen LogP contribution in [-0.2, 0) is 24.0 Å². The van der Waals surface area contributed by atoms with Crippen LogP contribution in [0.1, 0.15) is 34.1 Å². The van der Waals surface area contributed by atoms with Crippen LogP contribution in [0.15, 0.2) is 48.5 Å². The van der Waals surface area contributed by atoms with Crippen molar-refractivity contribution in [3.05, 3.63) is 70.9 Å². The van der Waals surface area contributed by atoms with E-state index in [4.69, 9.17) is 4.74 Å². The molecule has 130 valence electrons. The highest BCUT2D eigenvalue weighted by Crippen LogP contribution is 2.30. The molecule has 0 atom stereocenters. The summed E-state index contributed by atoms with van der Waals surface area (Å²) >= 11 is 1.71. The Labute approximate surface area is 153 Å². The zero-order valence-corrected chi connectivity index (χ0v) is 15.7. The molecule has 1 aromatic heterocycles. The Morgan fingerprint density at radius 2 is 1.88 bits per heavy atom. The van der Waals surface area contributed by atoms with E-state index in [1.54, 1.807) is 11.8 Å². The average molecular weight is 353 g/mol.